The minimum atomic E-state index is -1.07. The first-order chi connectivity index (χ1) is 17.2. The maximum Gasteiger partial charge on any atom is 1.00 e. The van der Waals surface area contributed by atoms with Gasteiger partial charge in [0, 0.05) is 48.1 Å². The molecule has 0 aliphatic heterocycles. The fourth-order valence-electron chi connectivity index (χ4n) is 2.80. The number of benzene rings is 1. The summed E-state index contributed by atoms with van der Waals surface area (Å²) in [6.45, 7) is 0. The van der Waals surface area contributed by atoms with Crippen LogP contribution in [-0.4, -0.2) is 55.8 Å². The first-order valence-electron chi connectivity index (χ1n) is 10.3. The first kappa shape index (κ1) is 33.7. The zero-order chi connectivity index (χ0) is 27.1. The summed E-state index contributed by atoms with van der Waals surface area (Å²) >= 11 is 5.23. The molecule has 1 aromatic carbocycles. The van der Waals surface area contributed by atoms with Crippen LogP contribution in [0, 0.1) is 0 Å². The number of ketones is 1. The molecule has 0 bridgehead atoms. The zero-order valence-corrected chi connectivity index (χ0v) is 23.1. The molecular weight excluding hydrogens is 509 g/mol. The Balaban J connectivity index is 0.000000700. The quantitative estimate of drug-likeness (QED) is 0.171. The number of nitrogens with two attached hydrogens (primary N) is 1. The van der Waals surface area contributed by atoms with Crippen molar-refractivity contribution in [2.75, 3.05) is 7.11 Å². The van der Waals surface area contributed by atoms with Gasteiger partial charge < -0.3 is 21.1 Å². The van der Waals surface area contributed by atoms with Gasteiger partial charge in [0.05, 0.1) is 17.5 Å². The standard InChI is InChI=1S/C16H13NO3S.C8H8N2O3.CH3O.Na/c18-15(12-4-2-1-3-5-12)8-14(21)7-11-6-13(16(19)20)10-17-9-11;9-7(11)2-5-1-6(8(12)13)4-10-3-5;1-2;/h1-6,9-10H,7-8H2,(H,19,20);1,3-4H,2H2,(H2,9,11)(H,12,13);1H3;/q;;-1;+1. The summed E-state index contributed by atoms with van der Waals surface area (Å²) in [4.78, 5) is 52.0. The van der Waals surface area contributed by atoms with Crippen molar-refractivity contribution in [3.63, 3.8) is 0 Å². The van der Waals surface area contributed by atoms with Crippen LogP contribution in [0.5, 0.6) is 0 Å². The van der Waals surface area contributed by atoms with E-state index < -0.39 is 17.8 Å². The van der Waals surface area contributed by atoms with Crippen molar-refractivity contribution in [2.24, 2.45) is 5.73 Å². The van der Waals surface area contributed by atoms with Crippen LogP contribution in [0.1, 0.15) is 48.6 Å². The summed E-state index contributed by atoms with van der Waals surface area (Å²) in [6.07, 6.45) is 6.01. The molecule has 12 heteroatoms. The summed E-state index contributed by atoms with van der Waals surface area (Å²) in [5, 5.41) is 25.7. The van der Waals surface area contributed by atoms with E-state index >= 15 is 0 Å². The summed E-state index contributed by atoms with van der Waals surface area (Å²) in [7, 11) is 0.750. The number of thiocarbonyl (C=S) groups is 1. The van der Waals surface area contributed by atoms with E-state index in [0.717, 1.165) is 7.11 Å². The number of carboxylic acids is 2. The summed E-state index contributed by atoms with van der Waals surface area (Å²) in [6, 6.07) is 11.8. The van der Waals surface area contributed by atoms with Gasteiger partial charge in [0.15, 0.2) is 5.78 Å². The number of carboxylic acid groups (broad SMARTS) is 2. The Bertz CT molecular complexity index is 1220. The molecule has 0 saturated carbocycles. The molecule has 37 heavy (non-hydrogen) atoms. The number of aromatic nitrogens is 2. The Labute approximate surface area is 240 Å². The predicted octanol–water partition coefficient (Wildman–Crippen LogP) is -1.25. The number of carbonyl (C=O) groups is 4. The zero-order valence-electron chi connectivity index (χ0n) is 20.3. The van der Waals surface area contributed by atoms with Crippen LogP contribution in [0.3, 0.4) is 0 Å². The van der Waals surface area contributed by atoms with E-state index in [2.05, 4.69) is 9.97 Å². The molecule has 0 unspecified atom stereocenters. The van der Waals surface area contributed by atoms with Crippen molar-refractivity contribution in [3.8, 4) is 0 Å². The molecule has 4 N–H and O–H groups in total. The Hall–Kier alpha value is -3.35. The number of aromatic carboxylic acids is 2. The van der Waals surface area contributed by atoms with Gasteiger partial charge in [-0.1, -0.05) is 42.5 Å². The van der Waals surface area contributed by atoms with Crippen molar-refractivity contribution in [1.29, 1.82) is 0 Å². The summed E-state index contributed by atoms with van der Waals surface area (Å²) in [5.41, 5.74) is 6.93. The Morgan fingerprint density at radius 3 is 1.70 bits per heavy atom. The van der Waals surface area contributed by atoms with Crippen LogP contribution >= 0.6 is 12.2 Å². The van der Waals surface area contributed by atoms with E-state index in [0.29, 0.717) is 28.0 Å². The fraction of sp³-hybridized carbons (Fsp3) is 0.160. The van der Waals surface area contributed by atoms with Crippen LogP contribution in [0.4, 0.5) is 0 Å². The molecule has 0 aliphatic carbocycles. The number of carbonyl (C=O) groups excluding carboxylic acids is 2. The van der Waals surface area contributed by atoms with E-state index in [4.69, 9.17) is 33.3 Å². The summed E-state index contributed by atoms with van der Waals surface area (Å²) < 4.78 is 0. The van der Waals surface area contributed by atoms with E-state index in [9.17, 15) is 19.2 Å². The average molecular weight is 534 g/mol. The van der Waals surface area contributed by atoms with Crippen LogP contribution in [0.15, 0.2) is 67.3 Å². The molecule has 3 rings (SSSR count). The molecule has 10 nitrogen and oxygen atoms in total. The number of hydrogen-bond donors (Lipinski definition) is 3. The van der Waals surface area contributed by atoms with Gasteiger partial charge in [-0.2, -0.15) is 7.11 Å². The second-order valence-electron chi connectivity index (χ2n) is 7.10. The van der Waals surface area contributed by atoms with Crippen LogP contribution in [-0.2, 0) is 17.6 Å². The minimum Gasteiger partial charge on any atom is -0.857 e. The Morgan fingerprint density at radius 1 is 0.811 bits per heavy atom. The second kappa shape index (κ2) is 18.0. The Morgan fingerprint density at radius 2 is 1.27 bits per heavy atom. The number of rotatable bonds is 9. The van der Waals surface area contributed by atoms with Gasteiger partial charge in [-0.05, 0) is 23.3 Å². The maximum atomic E-state index is 12.0. The van der Waals surface area contributed by atoms with E-state index in [1.807, 2.05) is 6.07 Å². The smallest absolute Gasteiger partial charge is 0.857 e. The number of hydrogen-bond acceptors (Lipinski definition) is 8. The van der Waals surface area contributed by atoms with Crippen LogP contribution in [0.25, 0.3) is 0 Å². The van der Waals surface area contributed by atoms with Crippen molar-refractivity contribution in [1.82, 2.24) is 9.97 Å². The predicted molar refractivity (Wildman–Crippen MR) is 133 cm³/mol. The molecule has 1 amide bonds. The molecule has 0 saturated heterocycles. The topological polar surface area (TPSA) is 184 Å². The van der Waals surface area contributed by atoms with Gasteiger partial charge in [0.25, 0.3) is 0 Å². The van der Waals surface area contributed by atoms with Gasteiger partial charge in [-0.25, -0.2) is 9.59 Å². The minimum absolute atomic E-state index is 0. The molecule has 0 aliphatic rings. The molecule has 2 heterocycles. The number of nitrogens with zero attached hydrogens (tertiary/aromatic N) is 2. The third-order valence-corrected chi connectivity index (χ3v) is 4.61. The Kier molecular flexibility index (Phi) is 16.4. The van der Waals surface area contributed by atoms with Crippen LogP contribution in [0.2, 0.25) is 0 Å². The van der Waals surface area contributed by atoms with Gasteiger partial charge in [0.1, 0.15) is 0 Å². The van der Waals surface area contributed by atoms with Crippen molar-refractivity contribution < 1.29 is 64.1 Å². The van der Waals surface area contributed by atoms with Gasteiger partial charge in [-0.15, -0.1) is 0 Å². The third kappa shape index (κ3) is 13.0. The number of Topliss-reactive ketones (excluding diaryl/α,β-unsaturated/α-hetero) is 1. The molecule has 0 fully saturated rings. The fourth-order valence-corrected chi connectivity index (χ4v) is 3.10. The van der Waals surface area contributed by atoms with E-state index in [1.54, 1.807) is 30.5 Å². The number of primary amides is 1. The summed E-state index contributed by atoms with van der Waals surface area (Å²) in [5.74, 6) is -2.65. The maximum absolute atomic E-state index is 12.0. The van der Waals surface area contributed by atoms with Gasteiger partial charge >= 0.3 is 41.5 Å². The molecule has 188 valence electrons. The normalized spacial score (nSPS) is 9.24. The van der Waals surface area contributed by atoms with Crippen molar-refractivity contribution in [2.45, 2.75) is 19.3 Å². The molecule has 0 radical (unpaired) electrons. The first-order valence-corrected chi connectivity index (χ1v) is 10.7. The molecule has 3 aromatic rings. The molecule has 0 atom stereocenters. The average Bonchev–Trinajstić information content (AvgIpc) is 2.86. The molecular formula is C25H24N3NaO7S. The second-order valence-corrected chi connectivity index (χ2v) is 7.68. The van der Waals surface area contributed by atoms with Gasteiger partial charge in [-0.3, -0.25) is 19.6 Å². The van der Waals surface area contributed by atoms with Crippen molar-refractivity contribution in [3.05, 3.63) is 95.1 Å². The monoisotopic (exact) mass is 533 g/mol. The van der Waals surface area contributed by atoms with E-state index in [1.165, 1.54) is 30.7 Å². The molecule has 2 aromatic heterocycles. The van der Waals surface area contributed by atoms with Crippen LogP contribution < -0.4 is 40.4 Å². The third-order valence-electron chi connectivity index (χ3n) is 4.32. The molecule has 0 spiro atoms. The van der Waals surface area contributed by atoms with E-state index in [-0.39, 0.29) is 59.3 Å². The number of amides is 1. The van der Waals surface area contributed by atoms with Gasteiger partial charge in [0.2, 0.25) is 5.91 Å². The number of pyridine rings is 2. The van der Waals surface area contributed by atoms with Crippen molar-refractivity contribution >= 4 is 40.7 Å². The largest absolute Gasteiger partial charge is 1.00 e. The SMILES string of the molecule is C[O-].NC(=O)Cc1cncc(C(=O)O)c1.O=C(O)c1cncc(CC(=S)CC(=O)c2ccccc2)c1.[Na+].